The predicted molar refractivity (Wildman–Crippen MR) is 108 cm³/mol. The van der Waals surface area contributed by atoms with E-state index in [4.69, 9.17) is 0 Å². The zero-order chi connectivity index (χ0) is 19.6. The third-order valence-electron chi connectivity index (χ3n) is 4.67. The molecule has 1 amide bonds. The summed E-state index contributed by atoms with van der Waals surface area (Å²) in [5.41, 5.74) is 2.27. The lowest BCUT2D eigenvalue weighted by Crippen LogP contribution is -2.40. The summed E-state index contributed by atoms with van der Waals surface area (Å²) in [6.45, 7) is 6.12. The van der Waals surface area contributed by atoms with Crippen molar-refractivity contribution in [1.29, 1.82) is 0 Å². The average Bonchev–Trinajstić information content (AvgIpc) is 3.20. The van der Waals surface area contributed by atoms with Gasteiger partial charge in [-0.3, -0.25) is 9.36 Å². The molecule has 1 aliphatic rings. The number of carbonyl (C=O) groups excluding carboxylic acids is 1. The van der Waals surface area contributed by atoms with E-state index < -0.39 is 9.84 Å². The van der Waals surface area contributed by atoms with Crippen molar-refractivity contribution < 1.29 is 13.2 Å². The van der Waals surface area contributed by atoms with Gasteiger partial charge in [-0.1, -0.05) is 37.7 Å². The van der Waals surface area contributed by atoms with Crippen molar-refractivity contribution in [3.63, 3.8) is 0 Å². The van der Waals surface area contributed by atoms with Gasteiger partial charge in [-0.05, 0) is 37.0 Å². The van der Waals surface area contributed by atoms with Gasteiger partial charge in [-0.25, -0.2) is 13.4 Å². The molecule has 2 aromatic rings. The van der Waals surface area contributed by atoms with Gasteiger partial charge in [-0.2, -0.15) is 0 Å². The molecule has 1 fully saturated rings. The highest BCUT2D eigenvalue weighted by Gasteiger charge is 2.30. The van der Waals surface area contributed by atoms with Crippen molar-refractivity contribution in [2.75, 3.05) is 11.5 Å². The summed E-state index contributed by atoms with van der Waals surface area (Å²) in [7, 11) is -3.01. The second-order valence-electron chi connectivity index (χ2n) is 7.19. The highest BCUT2D eigenvalue weighted by Crippen LogP contribution is 2.26. The van der Waals surface area contributed by atoms with Gasteiger partial charge in [-0.15, -0.1) is 0 Å². The lowest BCUT2D eigenvalue weighted by molar-refractivity contribution is -0.120. The fourth-order valence-corrected chi connectivity index (χ4v) is 5.60. The van der Waals surface area contributed by atoms with Crippen LogP contribution in [-0.2, 0) is 14.6 Å². The number of rotatable bonds is 6. The van der Waals surface area contributed by atoms with Crippen LogP contribution in [0, 0.1) is 0 Å². The number of hydrogen-bond acceptors (Lipinski definition) is 5. The van der Waals surface area contributed by atoms with Crippen molar-refractivity contribution in [2.24, 2.45) is 0 Å². The quantitative estimate of drug-likeness (QED) is 0.745. The van der Waals surface area contributed by atoms with Crippen molar-refractivity contribution >= 4 is 27.5 Å². The van der Waals surface area contributed by atoms with Crippen LogP contribution in [-0.4, -0.2) is 46.7 Å². The number of benzene rings is 1. The Morgan fingerprint density at radius 3 is 2.56 bits per heavy atom. The standard InChI is InChI=1S/C19H25N3O3S2/c1-13(2)15-4-6-17(7-5-15)22-10-9-20-19(22)26-14(3)18(23)21-16-8-11-27(24,25)12-16/h4-7,9-10,13-14,16H,8,11-12H2,1-3H3,(H,21,23). The van der Waals surface area contributed by atoms with Crippen LogP contribution in [0.2, 0.25) is 0 Å². The first-order chi connectivity index (χ1) is 12.7. The summed E-state index contributed by atoms with van der Waals surface area (Å²) in [5.74, 6) is 0.494. The zero-order valence-corrected chi connectivity index (χ0v) is 17.4. The maximum absolute atomic E-state index is 12.4. The van der Waals surface area contributed by atoms with Crippen LogP contribution in [0.5, 0.6) is 0 Å². The van der Waals surface area contributed by atoms with E-state index in [-0.39, 0.29) is 28.7 Å². The molecule has 1 saturated heterocycles. The first-order valence-electron chi connectivity index (χ1n) is 9.06. The van der Waals surface area contributed by atoms with Crippen LogP contribution in [0.1, 0.15) is 38.7 Å². The van der Waals surface area contributed by atoms with E-state index in [2.05, 4.69) is 48.4 Å². The van der Waals surface area contributed by atoms with Crippen molar-refractivity contribution in [3.05, 3.63) is 42.2 Å². The van der Waals surface area contributed by atoms with Gasteiger partial charge in [0.1, 0.15) is 0 Å². The molecule has 2 unspecified atom stereocenters. The first-order valence-corrected chi connectivity index (χ1v) is 11.8. The molecule has 27 heavy (non-hydrogen) atoms. The van der Waals surface area contributed by atoms with E-state index in [0.717, 1.165) is 10.8 Å². The number of nitrogens with zero attached hydrogens (tertiary/aromatic N) is 2. The Morgan fingerprint density at radius 1 is 1.26 bits per heavy atom. The van der Waals surface area contributed by atoms with E-state index in [1.54, 1.807) is 6.20 Å². The summed E-state index contributed by atoms with van der Waals surface area (Å²) < 4.78 is 25.0. The molecule has 0 spiro atoms. The van der Waals surface area contributed by atoms with Crippen LogP contribution in [0.25, 0.3) is 5.69 Å². The molecule has 0 bridgehead atoms. The van der Waals surface area contributed by atoms with Gasteiger partial charge in [0, 0.05) is 24.1 Å². The highest BCUT2D eigenvalue weighted by atomic mass is 32.2. The fourth-order valence-electron chi connectivity index (χ4n) is 3.03. The van der Waals surface area contributed by atoms with Gasteiger partial charge in [0.15, 0.2) is 15.0 Å². The van der Waals surface area contributed by atoms with E-state index in [0.29, 0.717) is 12.3 Å². The summed E-state index contributed by atoms with van der Waals surface area (Å²) in [4.78, 5) is 16.8. The van der Waals surface area contributed by atoms with Crippen LogP contribution in [0.4, 0.5) is 0 Å². The van der Waals surface area contributed by atoms with Crippen LogP contribution in [0.3, 0.4) is 0 Å². The largest absolute Gasteiger partial charge is 0.351 e. The number of thioether (sulfide) groups is 1. The first kappa shape index (κ1) is 19.9. The lowest BCUT2D eigenvalue weighted by Gasteiger charge is -2.16. The Kier molecular flexibility index (Phi) is 5.95. The topological polar surface area (TPSA) is 81.1 Å². The fraction of sp³-hybridized carbons (Fsp3) is 0.474. The summed E-state index contributed by atoms with van der Waals surface area (Å²) >= 11 is 1.36. The third-order valence-corrected chi connectivity index (χ3v) is 7.52. The van der Waals surface area contributed by atoms with Crippen LogP contribution in [0.15, 0.2) is 41.8 Å². The van der Waals surface area contributed by atoms with E-state index in [9.17, 15) is 13.2 Å². The maximum Gasteiger partial charge on any atom is 0.233 e. The summed E-state index contributed by atoms with van der Waals surface area (Å²) in [6.07, 6.45) is 4.08. The van der Waals surface area contributed by atoms with Gasteiger partial charge in [0.25, 0.3) is 0 Å². The van der Waals surface area contributed by atoms with Gasteiger partial charge in [0.05, 0.1) is 16.8 Å². The monoisotopic (exact) mass is 407 g/mol. The minimum absolute atomic E-state index is 0.0347. The van der Waals surface area contributed by atoms with Crippen LogP contribution >= 0.6 is 11.8 Å². The van der Waals surface area contributed by atoms with Gasteiger partial charge < -0.3 is 5.32 Å². The maximum atomic E-state index is 12.4. The van der Waals surface area contributed by atoms with Crippen molar-refractivity contribution in [1.82, 2.24) is 14.9 Å². The lowest BCUT2D eigenvalue weighted by atomic mass is 10.0. The number of nitrogens with one attached hydrogen (secondary N) is 1. The van der Waals surface area contributed by atoms with Crippen molar-refractivity contribution in [2.45, 2.75) is 49.6 Å². The zero-order valence-electron chi connectivity index (χ0n) is 15.8. The highest BCUT2D eigenvalue weighted by molar-refractivity contribution is 8.00. The Hall–Kier alpha value is -1.80. The smallest absolute Gasteiger partial charge is 0.233 e. The predicted octanol–water partition coefficient (Wildman–Crippen LogP) is 2.78. The Balaban J connectivity index is 1.66. The molecule has 0 radical (unpaired) electrons. The molecule has 1 aromatic carbocycles. The number of hydrogen-bond donors (Lipinski definition) is 1. The molecule has 0 saturated carbocycles. The molecular weight excluding hydrogens is 382 g/mol. The summed E-state index contributed by atoms with van der Waals surface area (Å²) in [5, 5.41) is 3.21. The molecule has 146 valence electrons. The molecule has 1 aliphatic heterocycles. The Labute approximate surface area is 164 Å². The molecular formula is C19H25N3O3S2. The number of aromatic nitrogens is 2. The third kappa shape index (κ3) is 4.93. The number of amides is 1. The van der Waals surface area contributed by atoms with E-state index in [1.807, 2.05) is 17.7 Å². The number of imidazole rings is 1. The minimum Gasteiger partial charge on any atom is -0.351 e. The molecule has 2 atom stereocenters. The number of carbonyl (C=O) groups is 1. The van der Waals surface area contributed by atoms with Gasteiger partial charge >= 0.3 is 0 Å². The van der Waals surface area contributed by atoms with E-state index >= 15 is 0 Å². The molecule has 6 nitrogen and oxygen atoms in total. The molecule has 3 rings (SSSR count). The molecule has 1 aromatic heterocycles. The number of sulfone groups is 1. The minimum atomic E-state index is -3.01. The van der Waals surface area contributed by atoms with Gasteiger partial charge in [0.2, 0.25) is 5.91 Å². The average molecular weight is 408 g/mol. The Morgan fingerprint density at radius 2 is 1.96 bits per heavy atom. The van der Waals surface area contributed by atoms with Crippen molar-refractivity contribution in [3.8, 4) is 5.69 Å². The summed E-state index contributed by atoms with van der Waals surface area (Å²) in [6, 6.07) is 8.02. The molecule has 2 heterocycles. The normalized spacial score (nSPS) is 19.9. The second-order valence-corrected chi connectivity index (χ2v) is 10.7. The molecule has 1 N–H and O–H groups in total. The second kappa shape index (κ2) is 8.06. The van der Waals surface area contributed by atoms with Crippen LogP contribution < -0.4 is 5.32 Å². The Bertz CT molecular complexity index is 905. The molecule has 0 aliphatic carbocycles. The van der Waals surface area contributed by atoms with E-state index in [1.165, 1.54) is 17.3 Å². The SMILES string of the molecule is CC(Sc1nccn1-c1ccc(C(C)C)cc1)C(=O)NC1CCS(=O)(=O)C1. The molecule has 8 heteroatoms.